The van der Waals surface area contributed by atoms with Gasteiger partial charge in [0.2, 0.25) is 0 Å². The van der Waals surface area contributed by atoms with Crippen molar-refractivity contribution in [2.45, 2.75) is 47.2 Å². The average molecular weight is 423 g/mol. The molecule has 3 rings (SSSR count). The van der Waals surface area contributed by atoms with Gasteiger partial charge in [-0.1, -0.05) is 46.8 Å². The number of Topliss-reactive ketones (excluding diaryl/α,β-unsaturated/α-hetero) is 1. The first-order chi connectivity index (χ1) is 14.6. The molecule has 6 nitrogen and oxygen atoms in total. The average Bonchev–Trinajstić information content (AvgIpc) is 2.97. The summed E-state index contributed by atoms with van der Waals surface area (Å²) in [6.07, 6.45) is 3.31. The first kappa shape index (κ1) is 22.5. The predicted octanol–water partition coefficient (Wildman–Crippen LogP) is 4.63. The molecule has 6 heteroatoms. The quantitative estimate of drug-likeness (QED) is 0.704. The zero-order valence-corrected chi connectivity index (χ0v) is 18.8. The maximum absolute atomic E-state index is 13.3. The van der Waals surface area contributed by atoms with Crippen molar-refractivity contribution in [1.82, 2.24) is 9.88 Å². The molecule has 0 fully saturated rings. The van der Waals surface area contributed by atoms with Crippen LogP contribution in [-0.4, -0.2) is 33.3 Å². The van der Waals surface area contributed by atoms with E-state index in [0.29, 0.717) is 18.3 Å². The van der Waals surface area contributed by atoms with Gasteiger partial charge in [-0.25, -0.2) is 0 Å². The van der Waals surface area contributed by atoms with Crippen molar-refractivity contribution in [3.8, 4) is 5.75 Å². The minimum atomic E-state index is -0.750. The number of hydrogen-bond acceptors (Lipinski definition) is 5. The maximum atomic E-state index is 13.3. The van der Waals surface area contributed by atoms with Crippen LogP contribution in [0.25, 0.3) is 0 Å². The highest BCUT2D eigenvalue weighted by Crippen LogP contribution is 2.42. The van der Waals surface area contributed by atoms with Crippen LogP contribution in [0, 0.1) is 11.3 Å². The lowest BCUT2D eigenvalue weighted by atomic mass is 9.82. The van der Waals surface area contributed by atoms with E-state index in [4.69, 9.17) is 4.74 Å². The Morgan fingerprint density at radius 2 is 1.87 bits per heavy atom. The molecule has 0 saturated heterocycles. The summed E-state index contributed by atoms with van der Waals surface area (Å²) in [5, 5.41) is 10.7. The van der Waals surface area contributed by atoms with Gasteiger partial charge in [-0.15, -0.1) is 0 Å². The highest BCUT2D eigenvalue weighted by atomic mass is 16.5. The normalized spacial score (nSPS) is 16.9. The van der Waals surface area contributed by atoms with Crippen molar-refractivity contribution in [2.24, 2.45) is 11.3 Å². The van der Waals surface area contributed by atoms with Gasteiger partial charge in [0, 0.05) is 24.4 Å². The van der Waals surface area contributed by atoms with Gasteiger partial charge >= 0.3 is 0 Å². The third-order valence-corrected chi connectivity index (χ3v) is 5.09. The highest BCUT2D eigenvalue weighted by Gasteiger charge is 2.46. The van der Waals surface area contributed by atoms with Crippen LogP contribution < -0.4 is 4.74 Å². The second-order valence-corrected chi connectivity index (χ2v) is 9.31. The Balaban J connectivity index is 2.06. The smallest absolute Gasteiger partial charge is 0.290 e. The number of ketones is 1. The van der Waals surface area contributed by atoms with Gasteiger partial charge in [-0.2, -0.15) is 0 Å². The first-order valence-electron chi connectivity index (χ1n) is 10.5. The first-order valence-corrected chi connectivity index (χ1v) is 10.5. The molecule has 0 aliphatic carbocycles. The lowest BCUT2D eigenvalue weighted by molar-refractivity contribution is -0.130. The molecule has 2 aromatic rings. The predicted molar refractivity (Wildman–Crippen MR) is 118 cm³/mol. The number of amides is 1. The molecule has 0 spiro atoms. The highest BCUT2D eigenvalue weighted by molar-refractivity contribution is 6.10. The number of aromatic nitrogens is 1. The van der Waals surface area contributed by atoms with Crippen molar-refractivity contribution >= 4 is 11.7 Å². The molecule has 1 atom stereocenters. The molecule has 1 aromatic carbocycles. The van der Waals surface area contributed by atoms with Crippen LogP contribution in [0.15, 0.2) is 60.1 Å². The van der Waals surface area contributed by atoms with Crippen LogP contribution in [0.1, 0.15) is 51.8 Å². The van der Waals surface area contributed by atoms with Crippen LogP contribution in [0.5, 0.6) is 5.75 Å². The lowest BCUT2D eigenvalue weighted by Gasteiger charge is -2.29. The van der Waals surface area contributed by atoms with E-state index in [2.05, 4.69) is 18.8 Å². The number of carbonyl (C=O) groups excluding carboxylic acids is 2. The molecule has 0 bridgehead atoms. The zero-order chi connectivity index (χ0) is 22.8. The summed E-state index contributed by atoms with van der Waals surface area (Å²) in [6.45, 7) is 10.3. The second-order valence-electron chi connectivity index (χ2n) is 9.31. The summed E-state index contributed by atoms with van der Waals surface area (Å²) < 4.78 is 5.86. The van der Waals surface area contributed by atoms with Gasteiger partial charge in [-0.3, -0.25) is 14.6 Å². The van der Waals surface area contributed by atoms with E-state index in [0.717, 1.165) is 11.1 Å². The topological polar surface area (TPSA) is 79.7 Å². The molecular weight excluding hydrogens is 392 g/mol. The zero-order valence-electron chi connectivity index (χ0n) is 18.8. The molecule has 1 N–H and O–H groups in total. The third kappa shape index (κ3) is 4.95. The molecule has 1 unspecified atom stereocenters. The monoisotopic (exact) mass is 422 g/mol. The van der Waals surface area contributed by atoms with Gasteiger partial charge in [0.15, 0.2) is 11.5 Å². The Morgan fingerprint density at radius 1 is 1.19 bits per heavy atom. The van der Waals surface area contributed by atoms with Gasteiger partial charge in [0.25, 0.3) is 5.91 Å². The molecule has 31 heavy (non-hydrogen) atoms. The number of aliphatic hydroxyl groups excluding tert-OH is 1. The summed E-state index contributed by atoms with van der Waals surface area (Å²) in [6, 6.07) is 10.3. The van der Waals surface area contributed by atoms with E-state index in [1.807, 2.05) is 36.4 Å². The molecule has 1 aromatic heterocycles. The molecular formula is C25H30N2O4. The Morgan fingerprint density at radius 3 is 2.48 bits per heavy atom. The van der Waals surface area contributed by atoms with Gasteiger partial charge in [0.05, 0.1) is 18.2 Å². The van der Waals surface area contributed by atoms with E-state index >= 15 is 0 Å². The van der Waals surface area contributed by atoms with E-state index < -0.39 is 23.1 Å². The summed E-state index contributed by atoms with van der Waals surface area (Å²) in [5.74, 6) is -0.261. The Kier molecular flexibility index (Phi) is 6.48. The standard InChI is InChI=1S/C25H30N2O4/c1-16(2)15-31-19-8-6-7-18(13-19)21-20(23(29)25(3,4)5)22(28)24(30)27(21)14-17-9-11-26-12-10-17/h6-13,16,21,28H,14-15H2,1-5H3. The van der Waals surface area contributed by atoms with Crippen LogP contribution in [0.3, 0.4) is 0 Å². The van der Waals surface area contributed by atoms with Crippen LogP contribution in [-0.2, 0) is 16.1 Å². The number of rotatable bonds is 7. The van der Waals surface area contributed by atoms with Crippen LogP contribution in [0.2, 0.25) is 0 Å². The summed E-state index contributed by atoms with van der Waals surface area (Å²) in [7, 11) is 0. The Hall–Kier alpha value is -3.15. The Bertz CT molecular complexity index is 990. The fourth-order valence-electron chi connectivity index (χ4n) is 3.52. The van der Waals surface area contributed by atoms with E-state index in [9.17, 15) is 14.7 Å². The SMILES string of the molecule is CC(C)COc1cccc(C2C(C(=O)C(C)(C)C)=C(O)C(=O)N2Cc2ccncc2)c1. The van der Waals surface area contributed by atoms with E-state index in [1.54, 1.807) is 33.2 Å². The second kappa shape index (κ2) is 8.92. The van der Waals surface area contributed by atoms with Crippen LogP contribution >= 0.6 is 0 Å². The molecule has 1 aliphatic heterocycles. The number of carbonyl (C=O) groups is 2. The number of nitrogens with zero attached hydrogens (tertiary/aromatic N) is 2. The lowest BCUT2D eigenvalue weighted by Crippen LogP contribution is -2.32. The van der Waals surface area contributed by atoms with Crippen molar-refractivity contribution < 1.29 is 19.4 Å². The number of benzene rings is 1. The summed E-state index contributed by atoms with van der Waals surface area (Å²) in [5.41, 5.74) is 0.964. The number of hydrogen-bond donors (Lipinski definition) is 1. The van der Waals surface area contributed by atoms with E-state index in [-0.39, 0.29) is 17.9 Å². The third-order valence-electron chi connectivity index (χ3n) is 5.09. The summed E-state index contributed by atoms with van der Waals surface area (Å²) in [4.78, 5) is 31.9. The molecule has 1 aliphatic rings. The van der Waals surface area contributed by atoms with E-state index in [1.165, 1.54) is 4.90 Å². The molecule has 164 valence electrons. The minimum absolute atomic E-state index is 0.132. The number of pyridine rings is 1. The van der Waals surface area contributed by atoms with Gasteiger partial charge in [-0.05, 0) is 41.3 Å². The molecule has 0 saturated carbocycles. The fraction of sp³-hybridized carbons (Fsp3) is 0.400. The minimum Gasteiger partial charge on any atom is -0.503 e. The fourth-order valence-corrected chi connectivity index (χ4v) is 3.52. The largest absolute Gasteiger partial charge is 0.503 e. The molecule has 0 radical (unpaired) electrons. The number of ether oxygens (including phenoxy) is 1. The van der Waals surface area contributed by atoms with Crippen molar-refractivity contribution in [3.05, 3.63) is 71.3 Å². The Labute approximate surface area is 183 Å². The van der Waals surface area contributed by atoms with Crippen molar-refractivity contribution in [1.29, 1.82) is 0 Å². The van der Waals surface area contributed by atoms with Gasteiger partial charge < -0.3 is 14.7 Å². The molecule has 1 amide bonds. The molecule has 2 heterocycles. The summed E-state index contributed by atoms with van der Waals surface area (Å²) >= 11 is 0. The van der Waals surface area contributed by atoms with Crippen LogP contribution in [0.4, 0.5) is 0 Å². The number of aliphatic hydroxyl groups is 1. The van der Waals surface area contributed by atoms with Crippen molar-refractivity contribution in [2.75, 3.05) is 6.61 Å². The van der Waals surface area contributed by atoms with Gasteiger partial charge in [0.1, 0.15) is 5.75 Å². The maximum Gasteiger partial charge on any atom is 0.290 e. The van der Waals surface area contributed by atoms with Crippen molar-refractivity contribution in [3.63, 3.8) is 0 Å².